The Morgan fingerprint density at radius 3 is 2.66 bits per heavy atom. The summed E-state index contributed by atoms with van der Waals surface area (Å²) >= 11 is 0. The van der Waals surface area contributed by atoms with E-state index in [0.717, 1.165) is 31.2 Å². The van der Waals surface area contributed by atoms with Crippen molar-refractivity contribution in [3.05, 3.63) is 35.9 Å². The number of hydrogen-bond donors (Lipinski definition) is 2. The van der Waals surface area contributed by atoms with Crippen molar-refractivity contribution in [1.82, 2.24) is 0 Å². The highest BCUT2D eigenvalue weighted by Gasteiger charge is 2.39. The van der Waals surface area contributed by atoms with Gasteiger partial charge in [-0.25, -0.2) is 0 Å². The van der Waals surface area contributed by atoms with Gasteiger partial charge in [0.2, 0.25) is 0 Å². The van der Waals surface area contributed by atoms with E-state index in [2.05, 4.69) is 19.1 Å². The van der Waals surface area contributed by atoms with Crippen LogP contribution < -0.4 is 4.74 Å². The van der Waals surface area contributed by atoms with Crippen LogP contribution in [0.3, 0.4) is 0 Å². The third kappa shape index (κ3) is 5.95. The van der Waals surface area contributed by atoms with Crippen LogP contribution in [-0.4, -0.2) is 28.2 Å². The van der Waals surface area contributed by atoms with Crippen molar-refractivity contribution in [3.63, 3.8) is 0 Å². The molecule has 0 radical (unpaired) electrons. The fourth-order valence-corrected chi connectivity index (χ4v) is 6.13. The number of rotatable bonds is 8. The van der Waals surface area contributed by atoms with Gasteiger partial charge >= 0.3 is 0 Å². The Balaban J connectivity index is 1.29. The number of hydrogen-bond acceptors (Lipinski definition) is 4. The van der Waals surface area contributed by atoms with Gasteiger partial charge in [0.25, 0.3) is 0 Å². The van der Waals surface area contributed by atoms with Crippen molar-refractivity contribution in [1.29, 1.82) is 0 Å². The quantitative estimate of drug-likeness (QED) is 0.477. The Kier molecular flexibility index (Phi) is 7.60. The fraction of sp³-hybridized carbons (Fsp3) is 0.679. The minimum atomic E-state index is -0.584. The minimum absolute atomic E-state index is 0.0931. The lowest BCUT2D eigenvalue weighted by Gasteiger charge is -2.38. The largest absolute Gasteiger partial charge is 0.504 e. The van der Waals surface area contributed by atoms with Crippen molar-refractivity contribution in [2.45, 2.75) is 103 Å². The highest BCUT2D eigenvalue weighted by atomic mass is 16.5. The molecular formula is C28H40O4. The van der Waals surface area contributed by atoms with Crippen molar-refractivity contribution in [3.8, 4) is 11.5 Å². The van der Waals surface area contributed by atoms with Gasteiger partial charge in [-0.3, -0.25) is 4.79 Å². The normalized spacial score (nSPS) is 28.0. The van der Waals surface area contributed by atoms with Crippen LogP contribution >= 0.6 is 0 Å². The molecule has 0 saturated heterocycles. The molecule has 1 spiro atoms. The first-order chi connectivity index (χ1) is 15.4. The Bertz CT molecular complexity index is 808. The highest BCUT2D eigenvalue weighted by Crippen LogP contribution is 2.49. The van der Waals surface area contributed by atoms with E-state index in [-0.39, 0.29) is 30.0 Å². The predicted octanol–water partition coefficient (Wildman–Crippen LogP) is 6.13. The molecule has 4 rings (SSSR count). The number of allylic oxidation sites excluding steroid dienone is 1. The Morgan fingerprint density at radius 2 is 1.91 bits per heavy atom. The topological polar surface area (TPSA) is 66.8 Å². The van der Waals surface area contributed by atoms with Crippen LogP contribution in [0, 0.1) is 17.3 Å². The number of benzene rings is 1. The molecule has 1 aromatic carbocycles. The molecule has 4 heteroatoms. The summed E-state index contributed by atoms with van der Waals surface area (Å²) in [6, 6.07) is 5.46. The summed E-state index contributed by atoms with van der Waals surface area (Å²) in [5, 5.41) is 20.8. The number of Topliss-reactive ketones (excluding diaryl/α,β-unsaturated/α-hetero) is 1. The molecule has 3 aliphatic rings. The molecule has 2 N–H and O–H groups in total. The van der Waals surface area contributed by atoms with Crippen LogP contribution in [-0.2, 0) is 11.2 Å². The molecule has 32 heavy (non-hydrogen) atoms. The zero-order valence-electron chi connectivity index (χ0n) is 19.6. The second kappa shape index (κ2) is 10.4. The number of carbonyl (C=O) groups excluding carboxylic acids is 1. The maximum Gasteiger partial charge on any atom is 0.161 e. The molecule has 0 heterocycles. The summed E-state index contributed by atoms with van der Waals surface area (Å²) in [5.41, 5.74) is 1.47. The number of carbonyl (C=O) groups is 1. The zero-order chi connectivity index (χ0) is 22.6. The Labute approximate surface area is 193 Å². The standard InChI is InChI=1S/C28H40O4/c1-20-6-10-22(11-7-20)26(31)18-23(29)12-8-21-9-13-25(30)27(17-21)32-24-5-4-16-28(19-24)14-2-3-15-28/h6,9-10,13,17,20,22,24,26,30-31H,2-5,7-8,11-12,14-16,18-19H2,1H3/t20-,22-,24-,26-/m0/s1. The number of ether oxygens (including phenoxy) is 1. The van der Waals surface area contributed by atoms with Gasteiger partial charge in [0.1, 0.15) is 5.78 Å². The average Bonchev–Trinajstić information content (AvgIpc) is 3.22. The van der Waals surface area contributed by atoms with Crippen LogP contribution in [0.4, 0.5) is 0 Å². The maximum absolute atomic E-state index is 12.5. The van der Waals surface area contributed by atoms with Crippen LogP contribution in [0.1, 0.15) is 89.5 Å². The molecule has 176 valence electrons. The van der Waals surface area contributed by atoms with Gasteiger partial charge in [-0.15, -0.1) is 0 Å². The third-order valence-corrected chi connectivity index (χ3v) is 8.14. The SMILES string of the molecule is C[C@H]1C=C[C@H]([C@@H](O)CC(=O)CCc2ccc(O)c(O[C@H]3CCCC4(CCCC4)C3)c2)CC1. The van der Waals surface area contributed by atoms with Crippen molar-refractivity contribution >= 4 is 5.78 Å². The number of aryl methyl sites for hydroxylation is 1. The van der Waals surface area contributed by atoms with Crippen molar-refractivity contribution < 1.29 is 19.7 Å². The number of phenolic OH excluding ortho intramolecular Hbond substituents is 1. The lowest BCUT2D eigenvalue weighted by atomic mass is 9.72. The van der Waals surface area contributed by atoms with Gasteiger partial charge in [0.05, 0.1) is 12.2 Å². The smallest absolute Gasteiger partial charge is 0.161 e. The molecular weight excluding hydrogens is 400 g/mol. The molecule has 0 aliphatic heterocycles. The van der Waals surface area contributed by atoms with Gasteiger partial charge in [0.15, 0.2) is 11.5 Å². The monoisotopic (exact) mass is 440 g/mol. The van der Waals surface area contributed by atoms with Gasteiger partial charge in [0, 0.05) is 18.8 Å². The van der Waals surface area contributed by atoms with E-state index in [1.165, 1.54) is 38.5 Å². The molecule has 0 unspecified atom stereocenters. The van der Waals surface area contributed by atoms with Gasteiger partial charge in [-0.1, -0.05) is 38.0 Å². The molecule has 1 aromatic rings. The van der Waals surface area contributed by atoms with Crippen molar-refractivity contribution in [2.75, 3.05) is 0 Å². The Morgan fingerprint density at radius 1 is 1.12 bits per heavy atom. The number of aliphatic hydroxyl groups excluding tert-OH is 1. The molecule has 0 amide bonds. The summed E-state index contributed by atoms with van der Waals surface area (Å²) in [7, 11) is 0. The Hall–Kier alpha value is -1.81. The molecule has 2 saturated carbocycles. The van der Waals surface area contributed by atoms with E-state index < -0.39 is 6.10 Å². The van der Waals surface area contributed by atoms with Gasteiger partial charge < -0.3 is 14.9 Å². The van der Waals surface area contributed by atoms with Crippen LogP contribution in [0.15, 0.2) is 30.4 Å². The van der Waals surface area contributed by atoms with Crippen LogP contribution in [0.2, 0.25) is 0 Å². The first-order valence-electron chi connectivity index (χ1n) is 12.8. The van der Waals surface area contributed by atoms with E-state index in [0.29, 0.717) is 29.9 Å². The number of aromatic hydroxyl groups is 1. The van der Waals surface area contributed by atoms with Crippen molar-refractivity contribution in [2.24, 2.45) is 17.3 Å². The molecule has 2 fully saturated rings. The number of phenols is 1. The number of aliphatic hydroxyl groups is 1. The first kappa shape index (κ1) is 23.4. The summed E-state index contributed by atoms with van der Waals surface area (Å²) in [5.74, 6) is 1.49. The lowest BCUT2D eigenvalue weighted by Crippen LogP contribution is -2.32. The summed E-state index contributed by atoms with van der Waals surface area (Å²) < 4.78 is 6.29. The van der Waals surface area contributed by atoms with E-state index in [9.17, 15) is 15.0 Å². The molecule has 0 aromatic heterocycles. The minimum Gasteiger partial charge on any atom is -0.504 e. The zero-order valence-corrected chi connectivity index (χ0v) is 19.6. The molecule has 4 nitrogen and oxygen atoms in total. The highest BCUT2D eigenvalue weighted by molar-refractivity contribution is 5.79. The van der Waals surface area contributed by atoms with E-state index in [1.54, 1.807) is 6.07 Å². The summed E-state index contributed by atoms with van der Waals surface area (Å²) in [6.07, 6.45) is 17.1. The predicted molar refractivity (Wildman–Crippen MR) is 127 cm³/mol. The van der Waals surface area contributed by atoms with E-state index >= 15 is 0 Å². The second-order valence-corrected chi connectivity index (χ2v) is 10.8. The average molecular weight is 441 g/mol. The molecule has 3 aliphatic carbocycles. The van der Waals surface area contributed by atoms with Crippen LogP contribution in [0.5, 0.6) is 11.5 Å². The van der Waals surface area contributed by atoms with Gasteiger partial charge in [-0.2, -0.15) is 0 Å². The molecule has 0 bridgehead atoms. The van der Waals surface area contributed by atoms with E-state index in [1.807, 2.05) is 12.1 Å². The number of ketones is 1. The second-order valence-electron chi connectivity index (χ2n) is 10.8. The van der Waals surface area contributed by atoms with Crippen LogP contribution in [0.25, 0.3) is 0 Å². The molecule has 4 atom stereocenters. The van der Waals surface area contributed by atoms with Gasteiger partial charge in [-0.05, 0) is 86.8 Å². The summed E-state index contributed by atoms with van der Waals surface area (Å²) in [4.78, 5) is 12.5. The summed E-state index contributed by atoms with van der Waals surface area (Å²) in [6.45, 7) is 2.18. The lowest BCUT2D eigenvalue weighted by molar-refractivity contribution is -0.121. The fourth-order valence-electron chi connectivity index (χ4n) is 6.13. The van der Waals surface area contributed by atoms with E-state index in [4.69, 9.17) is 4.74 Å². The first-order valence-corrected chi connectivity index (χ1v) is 12.8. The maximum atomic E-state index is 12.5. The third-order valence-electron chi connectivity index (χ3n) is 8.14.